The lowest BCUT2D eigenvalue weighted by atomic mass is 9.96. The lowest BCUT2D eigenvalue weighted by Gasteiger charge is -2.21. The molecule has 6 rings (SSSR count). The molecule has 2 aliphatic rings. The summed E-state index contributed by atoms with van der Waals surface area (Å²) in [6.07, 6.45) is 3.72. The SMILES string of the molecule is Cc1c(-c2ccc3cnc(Nc4ccc5c(c4)C(C)(C)OC5)nc3c2)cnc2c1NCCO2. The zero-order chi connectivity index (χ0) is 22.6. The Hall–Kier alpha value is -3.71. The Balaban J connectivity index is 1.34. The number of ether oxygens (including phenoxy) is 2. The van der Waals surface area contributed by atoms with Gasteiger partial charge in [0.2, 0.25) is 11.8 Å². The van der Waals surface area contributed by atoms with Gasteiger partial charge in [0, 0.05) is 35.6 Å². The third-order valence-electron chi connectivity index (χ3n) is 6.44. The van der Waals surface area contributed by atoms with E-state index in [9.17, 15) is 0 Å². The summed E-state index contributed by atoms with van der Waals surface area (Å²) < 4.78 is 11.6. The van der Waals surface area contributed by atoms with Crippen molar-refractivity contribution in [3.05, 3.63) is 65.5 Å². The van der Waals surface area contributed by atoms with Crippen LogP contribution in [0.3, 0.4) is 0 Å². The molecule has 0 radical (unpaired) electrons. The predicted molar refractivity (Wildman–Crippen MR) is 129 cm³/mol. The van der Waals surface area contributed by atoms with Crippen LogP contribution in [0.1, 0.15) is 30.5 Å². The van der Waals surface area contributed by atoms with Crippen LogP contribution in [0, 0.1) is 6.92 Å². The molecule has 2 aromatic heterocycles. The molecule has 2 aliphatic heterocycles. The molecule has 166 valence electrons. The molecule has 0 fully saturated rings. The maximum absolute atomic E-state index is 5.90. The molecule has 4 aromatic rings. The lowest BCUT2D eigenvalue weighted by Crippen LogP contribution is -2.20. The van der Waals surface area contributed by atoms with Gasteiger partial charge in [0.05, 0.1) is 17.7 Å². The summed E-state index contributed by atoms with van der Waals surface area (Å²) in [7, 11) is 0. The van der Waals surface area contributed by atoms with Crippen LogP contribution in [-0.4, -0.2) is 28.1 Å². The van der Waals surface area contributed by atoms with Gasteiger partial charge in [-0.15, -0.1) is 0 Å². The third-order valence-corrected chi connectivity index (χ3v) is 6.44. The van der Waals surface area contributed by atoms with Crippen molar-refractivity contribution < 1.29 is 9.47 Å². The average molecular weight is 440 g/mol. The first-order valence-electron chi connectivity index (χ1n) is 11.2. The van der Waals surface area contributed by atoms with Gasteiger partial charge < -0.3 is 20.1 Å². The Morgan fingerprint density at radius 2 is 1.97 bits per heavy atom. The second-order valence-corrected chi connectivity index (χ2v) is 9.02. The molecule has 0 aliphatic carbocycles. The van der Waals surface area contributed by atoms with Gasteiger partial charge in [-0.1, -0.05) is 18.2 Å². The molecule has 0 atom stereocenters. The van der Waals surface area contributed by atoms with Crippen molar-refractivity contribution in [3.8, 4) is 17.0 Å². The van der Waals surface area contributed by atoms with Crippen LogP contribution >= 0.6 is 0 Å². The second kappa shape index (κ2) is 7.42. The molecule has 7 nitrogen and oxygen atoms in total. The second-order valence-electron chi connectivity index (χ2n) is 9.02. The van der Waals surface area contributed by atoms with Crippen molar-refractivity contribution in [1.82, 2.24) is 15.0 Å². The zero-order valence-electron chi connectivity index (χ0n) is 18.9. The number of aromatic nitrogens is 3. The van der Waals surface area contributed by atoms with Crippen LogP contribution in [0.25, 0.3) is 22.0 Å². The summed E-state index contributed by atoms with van der Waals surface area (Å²) in [4.78, 5) is 13.8. The zero-order valence-corrected chi connectivity index (χ0v) is 18.9. The third kappa shape index (κ3) is 3.45. The minimum atomic E-state index is -0.285. The topological polar surface area (TPSA) is 81.2 Å². The van der Waals surface area contributed by atoms with Gasteiger partial charge in [-0.2, -0.15) is 0 Å². The number of nitrogens with zero attached hydrogens (tertiary/aromatic N) is 3. The van der Waals surface area contributed by atoms with E-state index in [4.69, 9.17) is 14.5 Å². The van der Waals surface area contributed by atoms with E-state index in [0.717, 1.165) is 45.5 Å². The summed E-state index contributed by atoms with van der Waals surface area (Å²) in [6.45, 7) is 8.34. The Morgan fingerprint density at radius 1 is 1.06 bits per heavy atom. The molecular weight excluding hydrogens is 414 g/mol. The molecule has 0 saturated heterocycles. The highest BCUT2D eigenvalue weighted by molar-refractivity contribution is 5.86. The van der Waals surface area contributed by atoms with Crippen molar-refractivity contribution in [3.63, 3.8) is 0 Å². The van der Waals surface area contributed by atoms with Gasteiger partial charge in [0.15, 0.2) is 0 Å². The molecule has 0 amide bonds. The van der Waals surface area contributed by atoms with Gasteiger partial charge in [0.1, 0.15) is 12.3 Å². The summed E-state index contributed by atoms with van der Waals surface area (Å²) in [5.41, 5.74) is 8.16. The maximum atomic E-state index is 5.90. The quantitative estimate of drug-likeness (QED) is 0.447. The van der Waals surface area contributed by atoms with Crippen LogP contribution in [-0.2, 0) is 16.9 Å². The summed E-state index contributed by atoms with van der Waals surface area (Å²) in [5.74, 6) is 1.23. The van der Waals surface area contributed by atoms with E-state index in [1.54, 1.807) is 0 Å². The monoisotopic (exact) mass is 439 g/mol. The van der Waals surface area contributed by atoms with Crippen molar-refractivity contribution >= 4 is 28.2 Å². The van der Waals surface area contributed by atoms with E-state index in [0.29, 0.717) is 25.0 Å². The number of hydrogen-bond acceptors (Lipinski definition) is 7. The Kier molecular flexibility index (Phi) is 4.48. The fourth-order valence-corrected chi connectivity index (χ4v) is 4.57. The van der Waals surface area contributed by atoms with Crippen LogP contribution in [0.15, 0.2) is 48.8 Å². The summed E-state index contributed by atoms with van der Waals surface area (Å²) in [6, 6.07) is 12.5. The Labute approximate surface area is 192 Å². The summed E-state index contributed by atoms with van der Waals surface area (Å²) in [5, 5.41) is 7.75. The maximum Gasteiger partial charge on any atom is 0.237 e. The highest BCUT2D eigenvalue weighted by atomic mass is 16.5. The largest absolute Gasteiger partial charge is 0.474 e. The van der Waals surface area contributed by atoms with Crippen molar-refractivity contribution in [2.45, 2.75) is 33.0 Å². The van der Waals surface area contributed by atoms with Gasteiger partial charge in [0.25, 0.3) is 0 Å². The van der Waals surface area contributed by atoms with Crippen LogP contribution < -0.4 is 15.4 Å². The Bertz CT molecular complexity index is 1400. The van der Waals surface area contributed by atoms with Crippen LogP contribution in [0.5, 0.6) is 5.88 Å². The molecule has 0 saturated carbocycles. The van der Waals surface area contributed by atoms with E-state index in [1.165, 1.54) is 11.1 Å². The predicted octanol–water partition coefficient (Wildman–Crippen LogP) is 5.31. The summed E-state index contributed by atoms with van der Waals surface area (Å²) >= 11 is 0. The fourth-order valence-electron chi connectivity index (χ4n) is 4.57. The number of fused-ring (bicyclic) bond motifs is 3. The molecule has 0 unspecified atom stereocenters. The lowest BCUT2D eigenvalue weighted by molar-refractivity contribution is -0.00787. The number of nitrogens with one attached hydrogen (secondary N) is 2. The van der Waals surface area contributed by atoms with Crippen molar-refractivity contribution in [2.75, 3.05) is 23.8 Å². The van der Waals surface area contributed by atoms with Crippen molar-refractivity contribution in [1.29, 1.82) is 0 Å². The van der Waals surface area contributed by atoms with E-state index < -0.39 is 0 Å². The molecule has 0 bridgehead atoms. The smallest absolute Gasteiger partial charge is 0.237 e. The molecule has 2 N–H and O–H groups in total. The fraction of sp³-hybridized carbons (Fsp3) is 0.269. The number of benzene rings is 2. The van der Waals surface area contributed by atoms with E-state index in [2.05, 4.69) is 65.6 Å². The molecular formula is C26H25N5O2. The average Bonchev–Trinajstić information content (AvgIpc) is 3.13. The first-order chi connectivity index (χ1) is 16.0. The minimum Gasteiger partial charge on any atom is -0.474 e. The minimum absolute atomic E-state index is 0.285. The molecule has 0 spiro atoms. The van der Waals surface area contributed by atoms with Crippen LogP contribution in [0.2, 0.25) is 0 Å². The number of pyridine rings is 1. The normalized spacial score (nSPS) is 16.0. The van der Waals surface area contributed by atoms with Gasteiger partial charge >= 0.3 is 0 Å². The highest BCUT2D eigenvalue weighted by Crippen LogP contribution is 2.38. The molecule has 33 heavy (non-hydrogen) atoms. The van der Waals surface area contributed by atoms with Gasteiger partial charge in [-0.05, 0) is 61.2 Å². The van der Waals surface area contributed by atoms with Crippen molar-refractivity contribution in [2.24, 2.45) is 0 Å². The number of anilines is 3. The van der Waals surface area contributed by atoms with E-state index in [1.807, 2.05) is 24.5 Å². The molecule has 4 heterocycles. The number of hydrogen-bond donors (Lipinski definition) is 2. The first-order valence-corrected chi connectivity index (χ1v) is 11.2. The highest BCUT2D eigenvalue weighted by Gasteiger charge is 2.30. The first kappa shape index (κ1) is 19.9. The van der Waals surface area contributed by atoms with Crippen LogP contribution in [0.4, 0.5) is 17.3 Å². The Morgan fingerprint density at radius 3 is 2.88 bits per heavy atom. The molecule has 2 aromatic carbocycles. The standard InChI is InChI=1S/C26H25N5O2/c1-15-20(13-28-24-23(15)27-8-9-32-24)16-4-5-17-12-29-25(31-22(17)10-16)30-19-7-6-18-14-33-26(2,3)21(18)11-19/h4-7,10-13,27H,8-9,14H2,1-3H3,(H,29,30,31). The van der Waals surface area contributed by atoms with Gasteiger partial charge in [-0.25, -0.2) is 15.0 Å². The van der Waals surface area contributed by atoms with Gasteiger partial charge in [-0.3, -0.25) is 0 Å². The number of rotatable bonds is 3. The molecule has 7 heteroatoms. The van der Waals surface area contributed by atoms with E-state index >= 15 is 0 Å². The van der Waals surface area contributed by atoms with E-state index in [-0.39, 0.29) is 5.60 Å².